The second-order valence-corrected chi connectivity index (χ2v) is 4.89. The average molecular weight is 213 g/mol. The highest BCUT2D eigenvalue weighted by molar-refractivity contribution is 4.83. The lowest BCUT2D eigenvalue weighted by Gasteiger charge is -2.35. The van der Waals surface area contributed by atoms with Gasteiger partial charge in [0.1, 0.15) is 0 Å². The van der Waals surface area contributed by atoms with Crippen molar-refractivity contribution in [2.75, 3.05) is 39.8 Å². The van der Waals surface area contributed by atoms with E-state index in [0.29, 0.717) is 6.04 Å². The number of hydrogen-bond donors (Lipinski definition) is 1. The van der Waals surface area contributed by atoms with E-state index in [1.165, 1.54) is 45.6 Å². The minimum Gasteiger partial charge on any atom is -0.328 e. The molecule has 1 rings (SSSR count). The Balaban J connectivity index is 2.05. The third-order valence-corrected chi connectivity index (χ3v) is 3.53. The predicted octanol–water partition coefficient (Wildman–Crippen LogP) is 0.997. The second kappa shape index (κ2) is 6.46. The maximum atomic E-state index is 5.78. The molecular weight excluding hydrogens is 186 g/mol. The van der Waals surface area contributed by atoms with Crippen molar-refractivity contribution in [2.24, 2.45) is 11.7 Å². The Kier molecular flexibility index (Phi) is 5.58. The fourth-order valence-corrected chi connectivity index (χ4v) is 2.32. The van der Waals surface area contributed by atoms with Crippen LogP contribution in [0.4, 0.5) is 0 Å². The summed E-state index contributed by atoms with van der Waals surface area (Å²) in [6, 6.07) is 0.492. The molecule has 0 spiro atoms. The fraction of sp³-hybridized carbons (Fsp3) is 1.00. The Morgan fingerprint density at radius 3 is 2.20 bits per heavy atom. The van der Waals surface area contributed by atoms with Gasteiger partial charge in [0.05, 0.1) is 0 Å². The van der Waals surface area contributed by atoms with Gasteiger partial charge in [-0.1, -0.05) is 13.8 Å². The van der Waals surface area contributed by atoms with E-state index in [-0.39, 0.29) is 0 Å². The third-order valence-electron chi connectivity index (χ3n) is 3.53. The van der Waals surface area contributed by atoms with Crippen molar-refractivity contribution in [1.29, 1.82) is 0 Å². The first-order chi connectivity index (χ1) is 7.15. The molecule has 2 N–H and O–H groups in total. The summed E-state index contributed by atoms with van der Waals surface area (Å²) in [5.74, 6) is 0.863. The highest BCUT2D eigenvalue weighted by Crippen LogP contribution is 2.25. The molecule has 0 amide bonds. The number of nitrogens with zero attached hydrogens (tertiary/aromatic N) is 2. The lowest BCUT2D eigenvalue weighted by molar-refractivity contribution is 0.166. The van der Waals surface area contributed by atoms with E-state index >= 15 is 0 Å². The van der Waals surface area contributed by atoms with Crippen LogP contribution >= 0.6 is 0 Å². The highest BCUT2D eigenvalue weighted by atomic mass is 15.2. The molecule has 0 aromatic heterocycles. The van der Waals surface area contributed by atoms with Crippen LogP contribution < -0.4 is 5.73 Å². The number of likely N-dealkylation sites (N-methyl/N-ethyl adjacent to an activating group) is 2. The maximum absolute atomic E-state index is 5.78. The van der Waals surface area contributed by atoms with Gasteiger partial charge in [0, 0.05) is 25.7 Å². The standard InChI is InChI=1S/C12H27N3/c1-4-15(5-2)7-6-14(3)10-11-8-12(13)9-11/h11-12H,4-10,13H2,1-3H3. The van der Waals surface area contributed by atoms with Crippen LogP contribution in [-0.2, 0) is 0 Å². The zero-order chi connectivity index (χ0) is 11.3. The number of nitrogens with two attached hydrogens (primary N) is 1. The van der Waals surface area contributed by atoms with Crippen LogP contribution in [-0.4, -0.2) is 55.6 Å². The number of rotatable bonds is 7. The third kappa shape index (κ3) is 4.49. The first-order valence-corrected chi connectivity index (χ1v) is 6.32. The van der Waals surface area contributed by atoms with Crippen LogP contribution in [0.3, 0.4) is 0 Å². The second-order valence-electron chi connectivity index (χ2n) is 4.89. The van der Waals surface area contributed by atoms with E-state index in [4.69, 9.17) is 5.73 Å². The smallest absolute Gasteiger partial charge is 0.0109 e. The first kappa shape index (κ1) is 12.9. The van der Waals surface area contributed by atoms with Crippen LogP contribution in [0.15, 0.2) is 0 Å². The summed E-state index contributed by atoms with van der Waals surface area (Å²) in [5.41, 5.74) is 5.78. The maximum Gasteiger partial charge on any atom is 0.0109 e. The van der Waals surface area contributed by atoms with Crippen molar-refractivity contribution < 1.29 is 0 Å². The average Bonchev–Trinajstić information content (AvgIpc) is 2.17. The van der Waals surface area contributed by atoms with Gasteiger partial charge < -0.3 is 15.5 Å². The normalized spacial score (nSPS) is 26.0. The van der Waals surface area contributed by atoms with Gasteiger partial charge in [0.25, 0.3) is 0 Å². The largest absolute Gasteiger partial charge is 0.328 e. The minimum absolute atomic E-state index is 0.492. The van der Waals surface area contributed by atoms with Crippen LogP contribution in [0, 0.1) is 5.92 Å². The Labute approximate surface area is 94.6 Å². The van der Waals surface area contributed by atoms with E-state index in [1.54, 1.807) is 0 Å². The number of hydrogen-bond acceptors (Lipinski definition) is 3. The van der Waals surface area contributed by atoms with E-state index in [9.17, 15) is 0 Å². The molecule has 0 aromatic carbocycles. The monoisotopic (exact) mass is 213 g/mol. The molecule has 0 saturated heterocycles. The predicted molar refractivity (Wildman–Crippen MR) is 66.0 cm³/mol. The Morgan fingerprint density at radius 1 is 1.13 bits per heavy atom. The van der Waals surface area contributed by atoms with E-state index in [0.717, 1.165) is 5.92 Å². The van der Waals surface area contributed by atoms with Gasteiger partial charge in [-0.15, -0.1) is 0 Å². The quantitative estimate of drug-likeness (QED) is 0.685. The van der Waals surface area contributed by atoms with Gasteiger partial charge >= 0.3 is 0 Å². The van der Waals surface area contributed by atoms with Crippen LogP contribution in [0.1, 0.15) is 26.7 Å². The molecule has 0 atom stereocenters. The van der Waals surface area contributed by atoms with Gasteiger partial charge in [0.2, 0.25) is 0 Å². The van der Waals surface area contributed by atoms with Crippen LogP contribution in [0.2, 0.25) is 0 Å². The van der Waals surface area contributed by atoms with Crippen LogP contribution in [0.5, 0.6) is 0 Å². The minimum atomic E-state index is 0.492. The van der Waals surface area contributed by atoms with Gasteiger partial charge in [-0.3, -0.25) is 0 Å². The molecule has 0 radical (unpaired) electrons. The van der Waals surface area contributed by atoms with Crippen LogP contribution in [0.25, 0.3) is 0 Å². The zero-order valence-electron chi connectivity index (χ0n) is 10.6. The highest BCUT2D eigenvalue weighted by Gasteiger charge is 2.26. The van der Waals surface area contributed by atoms with E-state index < -0.39 is 0 Å². The molecule has 0 unspecified atom stereocenters. The van der Waals surface area contributed by atoms with Crippen molar-refractivity contribution in [3.63, 3.8) is 0 Å². The molecule has 0 aliphatic heterocycles. The molecule has 1 fully saturated rings. The van der Waals surface area contributed by atoms with Gasteiger partial charge in [-0.2, -0.15) is 0 Å². The van der Waals surface area contributed by atoms with Crippen molar-refractivity contribution in [3.05, 3.63) is 0 Å². The summed E-state index contributed by atoms with van der Waals surface area (Å²) in [6.07, 6.45) is 2.46. The fourth-order valence-electron chi connectivity index (χ4n) is 2.32. The molecule has 90 valence electrons. The Hall–Kier alpha value is -0.120. The van der Waals surface area contributed by atoms with Gasteiger partial charge in [0.15, 0.2) is 0 Å². The lowest BCUT2D eigenvalue weighted by Crippen LogP contribution is -2.43. The van der Waals surface area contributed by atoms with Crippen molar-refractivity contribution in [1.82, 2.24) is 9.80 Å². The first-order valence-electron chi connectivity index (χ1n) is 6.32. The Morgan fingerprint density at radius 2 is 1.73 bits per heavy atom. The van der Waals surface area contributed by atoms with E-state index in [1.807, 2.05) is 0 Å². The molecule has 0 bridgehead atoms. The van der Waals surface area contributed by atoms with Crippen molar-refractivity contribution >= 4 is 0 Å². The topological polar surface area (TPSA) is 32.5 Å². The summed E-state index contributed by atoms with van der Waals surface area (Å²) in [6.45, 7) is 10.4. The molecule has 1 saturated carbocycles. The lowest BCUT2D eigenvalue weighted by atomic mass is 9.81. The van der Waals surface area contributed by atoms with Crippen molar-refractivity contribution in [3.8, 4) is 0 Å². The Bertz CT molecular complexity index is 162. The molecule has 0 aromatic rings. The summed E-state index contributed by atoms with van der Waals surface area (Å²) in [4.78, 5) is 4.93. The van der Waals surface area contributed by atoms with Gasteiger partial charge in [-0.05, 0) is 38.9 Å². The molecule has 1 aliphatic carbocycles. The molecule has 1 aliphatic rings. The van der Waals surface area contributed by atoms with Gasteiger partial charge in [-0.25, -0.2) is 0 Å². The molecule has 0 heterocycles. The van der Waals surface area contributed by atoms with E-state index in [2.05, 4.69) is 30.7 Å². The zero-order valence-corrected chi connectivity index (χ0v) is 10.6. The molecule has 3 nitrogen and oxygen atoms in total. The summed E-state index contributed by atoms with van der Waals surface area (Å²) >= 11 is 0. The molecular formula is C12H27N3. The summed E-state index contributed by atoms with van der Waals surface area (Å²) < 4.78 is 0. The SMILES string of the molecule is CCN(CC)CCN(C)CC1CC(N)C1. The summed E-state index contributed by atoms with van der Waals surface area (Å²) in [7, 11) is 2.23. The van der Waals surface area contributed by atoms with Crippen molar-refractivity contribution in [2.45, 2.75) is 32.7 Å². The molecule has 3 heteroatoms. The summed E-state index contributed by atoms with van der Waals surface area (Å²) in [5, 5.41) is 0. The molecule has 15 heavy (non-hydrogen) atoms.